The number of pyridine rings is 1. The average Bonchev–Trinajstić information content (AvgIpc) is 3.19. The highest BCUT2D eigenvalue weighted by molar-refractivity contribution is 6.33. The van der Waals surface area contributed by atoms with Gasteiger partial charge in [-0.2, -0.15) is 0 Å². The summed E-state index contributed by atoms with van der Waals surface area (Å²) in [7, 11) is 0. The molecule has 2 aromatic heterocycles. The van der Waals surface area contributed by atoms with Crippen LogP contribution in [0.1, 0.15) is 24.0 Å². The highest BCUT2D eigenvalue weighted by Gasteiger charge is 2.24. The number of hydrogen-bond donors (Lipinski definition) is 4. The van der Waals surface area contributed by atoms with Crippen LogP contribution in [-0.2, 0) is 32.0 Å². The fraction of sp³-hybridized carbons (Fsp3) is 0.140. The van der Waals surface area contributed by atoms with Crippen LogP contribution in [0.4, 0.5) is 11.8 Å². The SMILES string of the molecule is O=C(O)C[C@@H](Cc1ccccc1)C(=O)Nc1cccc(-c2ccccc2Cl)n1.O=C(O)C[C@@H](Cc1ccccc1)C(=O)Nc1nccc(-c2ccccc2Cl)n1. The molecule has 56 heavy (non-hydrogen) atoms. The molecule has 6 rings (SSSR count). The average molecular weight is 791 g/mol. The minimum absolute atomic E-state index is 0.103. The lowest BCUT2D eigenvalue weighted by Crippen LogP contribution is -2.27. The van der Waals surface area contributed by atoms with Gasteiger partial charge in [0.1, 0.15) is 5.82 Å². The summed E-state index contributed by atoms with van der Waals surface area (Å²) in [5.74, 6) is -3.87. The first-order valence-electron chi connectivity index (χ1n) is 17.5. The number of carboxylic acid groups (broad SMARTS) is 2. The molecular weight excluding hydrogens is 753 g/mol. The number of nitrogens with one attached hydrogen (secondary N) is 2. The lowest BCUT2D eigenvalue weighted by molar-refractivity contribution is -0.140. The molecule has 0 aliphatic carbocycles. The smallest absolute Gasteiger partial charge is 0.304 e. The van der Waals surface area contributed by atoms with Gasteiger partial charge in [-0.05, 0) is 54.3 Å². The van der Waals surface area contributed by atoms with Crippen molar-refractivity contribution in [3.05, 3.63) is 161 Å². The number of aromatic nitrogens is 3. The van der Waals surface area contributed by atoms with E-state index in [2.05, 4.69) is 25.6 Å². The molecule has 0 aliphatic rings. The Morgan fingerprint density at radius 1 is 0.536 bits per heavy atom. The van der Waals surface area contributed by atoms with Gasteiger partial charge in [-0.25, -0.2) is 15.0 Å². The number of anilines is 2. The number of carbonyl (C=O) groups excluding carboxylic acids is 2. The van der Waals surface area contributed by atoms with Crippen molar-refractivity contribution in [1.29, 1.82) is 0 Å². The zero-order valence-electron chi connectivity index (χ0n) is 29.9. The van der Waals surface area contributed by atoms with E-state index in [-0.39, 0.29) is 24.7 Å². The molecule has 4 N–H and O–H groups in total. The third-order valence-corrected chi connectivity index (χ3v) is 9.08. The van der Waals surface area contributed by atoms with Gasteiger partial charge in [0, 0.05) is 27.4 Å². The highest BCUT2D eigenvalue weighted by Crippen LogP contribution is 2.28. The predicted octanol–water partition coefficient (Wildman–Crippen LogP) is 8.74. The topological polar surface area (TPSA) is 171 Å². The van der Waals surface area contributed by atoms with Crippen molar-refractivity contribution in [1.82, 2.24) is 15.0 Å². The Balaban J connectivity index is 0.000000214. The van der Waals surface area contributed by atoms with E-state index in [1.807, 2.05) is 97.1 Å². The third-order valence-electron chi connectivity index (χ3n) is 8.42. The van der Waals surface area contributed by atoms with E-state index < -0.39 is 29.7 Å². The van der Waals surface area contributed by atoms with Crippen LogP contribution in [0.5, 0.6) is 0 Å². The van der Waals surface area contributed by atoms with Gasteiger partial charge < -0.3 is 15.5 Å². The predicted molar refractivity (Wildman–Crippen MR) is 216 cm³/mol. The maximum absolute atomic E-state index is 12.7. The second kappa shape index (κ2) is 20.3. The van der Waals surface area contributed by atoms with E-state index in [4.69, 9.17) is 23.2 Å². The summed E-state index contributed by atoms with van der Waals surface area (Å²) < 4.78 is 0. The zero-order valence-corrected chi connectivity index (χ0v) is 31.4. The first kappa shape index (κ1) is 40.7. The number of hydrogen-bond acceptors (Lipinski definition) is 7. The standard InChI is InChI=1S/C22H19ClN2O3.C21H18ClN3O3/c23-18-10-5-4-9-17(18)19-11-6-12-20(24-19)25-22(28)16(14-21(26)27)13-15-7-2-1-3-8-15;22-17-9-5-4-8-16(17)18-10-11-23-21(24-18)25-20(28)15(13-19(26)27)12-14-6-2-1-3-7-14/h1-12,16H,13-14H2,(H,26,27)(H,24,25,28);1-11,15H,12-13H2,(H,26,27)(H,23,24,25,28)/t16-;15-/m11/s1. The Hall–Kier alpha value is -6.43. The number of nitrogens with zero attached hydrogens (tertiary/aromatic N) is 3. The molecule has 0 saturated carbocycles. The fourth-order valence-electron chi connectivity index (χ4n) is 5.74. The van der Waals surface area contributed by atoms with Crippen molar-refractivity contribution in [3.8, 4) is 22.5 Å². The van der Waals surface area contributed by atoms with Crippen molar-refractivity contribution in [2.45, 2.75) is 25.7 Å². The normalized spacial score (nSPS) is 11.6. The minimum atomic E-state index is -1.04. The molecular formula is C43H37Cl2N5O6. The molecule has 4 aromatic carbocycles. The quantitative estimate of drug-likeness (QED) is 0.0842. The molecule has 2 atom stereocenters. The molecule has 0 radical (unpaired) electrons. The highest BCUT2D eigenvalue weighted by atomic mass is 35.5. The summed E-state index contributed by atoms with van der Waals surface area (Å²) in [5.41, 5.74) is 4.45. The maximum Gasteiger partial charge on any atom is 0.304 e. The van der Waals surface area contributed by atoms with Crippen LogP contribution in [-0.4, -0.2) is 48.9 Å². The van der Waals surface area contributed by atoms with E-state index in [1.165, 1.54) is 6.20 Å². The Morgan fingerprint density at radius 3 is 1.50 bits per heavy atom. The van der Waals surface area contributed by atoms with Crippen molar-refractivity contribution >= 4 is 58.7 Å². The molecule has 0 fully saturated rings. The Labute approximate surface area is 333 Å². The van der Waals surface area contributed by atoms with E-state index in [1.54, 1.807) is 36.4 Å². The molecule has 11 nitrogen and oxygen atoms in total. The Kier molecular flexibility index (Phi) is 14.8. The Bertz CT molecular complexity index is 2120. The summed E-state index contributed by atoms with van der Waals surface area (Å²) in [4.78, 5) is 60.7. The van der Waals surface area contributed by atoms with E-state index in [9.17, 15) is 29.4 Å². The first-order valence-corrected chi connectivity index (χ1v) is 18.2. The molecule has 0 aliphatic heterocycles. The Morgan fingerprint density at radius 2 is 1.00 bits per heavy atom. The van der Waals surface area contributed by atoms with Crippen molar-refractivity contribution < 1.29 is 29.4 Å². The zero-order chi connectivity index (χ0) is 39.9. The maximum atomic E-state index is 12.7. The second-order valence-electron chi connectivity index (χ2n) is 12.6. The number of carboxylic acids is 2. The number of carbonyl (C=O) groups is 4. The lowest BCUT2D eigenvalue weighted by Gasteiger charge is -2.15. The van der Waals surface area contributed by atoms with Crippen LogP contribution in [0.15, 0.2) is 140 Å². The van der Waals surface area contributed by atoms with Crippen LogP contribution in [0.25, 0.3) is 22.5 Å². The van der Waals surface area contributed by atoms with Gasteiger partial charge in [0.15, 0.2) is 0 Å². The molecule has 2 amide bonds. The van der Waals surface area contributed by atoms with Gasteiger partial charge >= 0.3 is 11.9 Å². The molecule has 0 unspecified atom stereocenters. The molecule has 0 saturated heterocycles. The van der Waals surface area contributed by atoms with Gasteiger partial charge in [-0.3, -0.25) is 24.5 Å². The van der Waals surface area contributed by atoms with Gasteiger partial charge in [0.25, 0.3) is 0 Å². The molecule has 0 spiro atoms. The van der Waals surface area contributed by atoms with Crippen molar-refractivity contribution in [3.63, 3.8) is 0 Å². The largest absolute Gasteiger partial charge is 0.481 e. The van der Waals surface area contributed by atoms with E-state index in [0.29, 0.717) is 45.7 Å². The van der Waals surface area contributed by atoms with Gasteiger partial charge in [0.05, 0.1) is 36.1 Å². The number of rotatable bonds is 14. The van der Waals surface area contributed by atoms with Crippen LogP contribution < -0.4 is 10.6 Å². The molecule has 6 aromatic rings. The molecule has 0 bridgehead atoms. The second-order valence-corrected chi connectivity index (χ2v) is 13.4. The number of benzene rings is 4. The van der Waals surface area contributed by atoms with E-state index in [0.717, 1.165) is 16.7 Å². The van der Waals surface area contributed by atoms with E-state index >= 15 is 0 Å². The van der Waals surface area contributed by atoms with Crippen LogP contribution in [0.2, 0.25) is 10.0 Å². The van der Waals surface area contributed by atoms with Gasteiger partial charge in [0.2, 0.25) is 17.8 Å². The molecule has 2 heterocycles. The number of halogens is 2. The third kappa shape index (κ3) is 12.3. The van der Waals surface area contributed by atoms with Gasteiger partial charge in [-0.15, -0.1) is 0 Å². The van der Waals surface area contributed by atoms with Gasteiger partial charge in [-0.1, -0.05) is 126 Å². The number of aliphatic carboxylic acids is 2. The van der Waals surface area contributed by atoms with Crippen LogP contribution >= 0.6 is 23.2 Å². The molecule has 284 valence electrons. The summed E-state index contributed by atoms with van der Waals surface area (Å²) in [6.07, 6.45) is 1.62. The lowest BCUT2D eigenvalue weighted by atomic mass is 9.95. The van der Waals surface area contributed by atoms with Crippen molar-refractivity contribution in [2.24, 2.45) is 11.8 Å². The summed E-state index contributed by atoms with van der Waals surface area (Å²) in [5, 5.41) is 24.8. The summed E-state index contributed by atoms with van der Waals surface area (Å²) in [6, 6.07) is 40.1. The molecule has 13 heteroatoms. The summed E-state index contributed by atoms with van der Waals surface area (Å²) in [6.45, 7) is 0. The first-order chi connectivity index (χ1) is 27.0. The fourth-order valence-corrected chi connectivity index (χ4v) is 6.20. The summed E-state index contributed by atoms with van der Waals surface area (Å²) >= 11 is 12.4. The monoisotopic (exact) mass is 789 g/mol. The minimum Gasteiger partial charge on any atom is -0.481 e. The van der Waals surface area contributed by atoms with Crippen molar-refractivity contribution in [2.75, 3.05) is 10.6 Å². The van der Waals surface area contributed by atoms with Crippen LogP contribution in [0.3, 0.4) is 0 Å². The van der Waals surface area contributed by atoms with Crippen LogP contribution in [0, 0.1) is 11.8 Å². The number of amides is 2.